The average molecular weight is 280 g/mol. The van der Waals surface area contributed by atoms with Crippen molar-refractivity contribution in [3.63, 3.8) is 0 Å². The van der Waals surface area contributed by atoms with Crippen LogP contribution in [0, 0.1) is 0 Å². The van der Waals surface area contributed by atoms with Gasteiger partial charge in [-0.3, -0.25) is 0 Å². The van der Waals surface area contributed by atoms with Gasteiger partial charge >= 0.3 is 0 Å². The molecule has 0 aliphatic carbocycles. The van der Waals surface area contributed by atoms with E-state index in [9.17, 15) is 5.11 Å². The van der Waals surface area contributed by atoms with Crippen molar-refractivity contribution in [3.05, 3.63) is 23.2 Å². The first kappa shape index (κ1) is 13.4. The molecule has 2 aromatic rings. The summed E-state index contributed by atoms with van der Waals surface area (Å²) in [6, 6.07) is 4.65. The Morgan fingerprint density at radius 3 is 2.84 bits per heavy atom. The van der Waals surface area contributed by atoms with Gasteiger partial charge in [0.15, 0.2) is 5.82 Å². The normalized spacial score (nSPS) is 10.4. The molecule has 2 rings (SSSR count). The summed E-state index contributed by atoms with van der Waals surface area (Å²) in [5.74, 6) is 0.786. The summed E-state index contributed by atoms with van der Waals surface area (Å²) < 4.78 is 0. The average Bonchev–Trinajstić information content (AvgIpc) is 2.38. The molecule has 0 bridgehead atoms. The molecule has 0 amide bonds. The molecule has 0 fully saturated rings. The second-order valence-corrected chi connectivity index (χ2v) is 4.37. The summed E-state index contributed by atoms with van der Waals surface area (Å²) >= 11 is 5.90. The zero-order valence-corrected chi connectivity index (χ0v) is 11.1. The van der Waals surface area contributed by atoms with Crippen molar-refractivity contribution in [1.82, 2.24) is 15.0 Å². The SMILES string of the molecule is CCCNc1nc(N)nc(-c2cc(Cl)ccc2O)n1. The van der Waals surface area contributed by atoms with Crippen LogP contribution in [0.2, 0.25) is 5.02 Å². The number of nitrogen functional groups attached to an aromatic ring is 1. The number of benzene rings is 1. The number of nitrogens with two attached hydrogens (primary N) is 1. The lowest BCUT2D eigenvalue weighted by molar-refractivity contribution is 0.477. The Bertz CT molecular complexity index is 590. The Hall–Kier alpha value is -2.08. The molecule has 100 valence electrons. The Kier molecular flexibility index (Phi) is 4.01. The molecule has 1 heterocycles. The van der Waals surface area contributed by atoms with Gasteiger partial charge in [-0.2, -0.15) is 15.0 Å². The van der Waals surface area contributed by atoms with Crippen LogP contribution < -0.4 is 11.1 Å². The molecule has 0 saturated carbocycles. The van der Waals surface area contributed by atoms with Crippen LogP contribution in [0.4, 0.5) is 11.9 Å². The fourth-order valence-corrected chi connectivity index (χ4v) is 1.69. The summed E-state index contributed by atoms with van der Waals surface area (Å²) in [5, 5.41) is 13.3. The molecule has 0 saturated heterocycles. The maximum Gasteiger partial charge on any atom is 0.228 e. The van der Waals surface area contributed by atoms with E-state index in [2.05, 4.69) is 20.3 Å². The monoisotopic (exact) mass is 279 g/mol. The van der Waals surface area contributed by atoms with Crippen LogP contribution in [-0.4, -0.2) is 26.6 Å². The number of nitrogens with zero attached hydrogens (tertiary/aromatic N) is 3. The van der Waals surface area contributed by atoms with Crippen LogP contribution in [-0.2, 0) is 0 Å². The van der Waals surface area contributed by atoms with E-state index < -0.39 is 0 Å². The summed E-state index contributed by atoms with van der Waals surface area (Å²) in [7, 11) is 0. The lowest BCUT2D eigenvalue weighted by Crippen LogP contribution is -2.08. The molecule has 0 aliphatic rings. The molecule has 0 unspecified atom stereocenters. The van der Waals surface area contributed by atoms with Crippen LogP contribution in [0.1, 0.15) is 13.3 Å². The van der Waals surface area contributed by atoms with Crippen LogP contribution in [0.5, 0.6) is 5.75 Å². The highest BCUT2D eigenvalue weighted by molar-refractivity contribution is 6.30. The van der Waals surface area contributed by atoms with E-state index in [0.717, 1.165) is 13.0 Å². The fraction of sp³-hybridized carbons (Fsp3) is 0.250. The minimum absolute atomic E-state index is 0.0384. The Balaban J connectivity index is 2.43. The van der Waals surface area contributed by atoms with Crippen LogP contribution in [0.15, 0.2) is 18.2 Å². The first-order valence-corrected chi connectivity index (χ1v) is 6.22. The van der Waals surface area contributed by atoms with Crippen LogP contribution >= 0.6 is 11.6 Å². The van der Waals surface area contributed by atoms with Gasteiger partial charge in [0, 0.05) is 11.6 Å². The van der Waals surface area contributed by atoms with Gasteiger partial charge in [0.2, 0.25) is 11.9 Å². The van der Waals surface area contributed by atoms with Crippen molar-refractivity contribution in [3.8, 4) is 17.1 Å². The zero-order valence-electron chi connectivity index (χ0n) is 10.4. The molecule has 0 atom stereocenters. The second-order valence-electron chi connectivity index (χ2n) is 3.93. The van der Waals surface area contributed by atoms with Gasteiger partial charge < -0.3 is 16.2 Å². The molecule has 0 spiro atoms. The number of phenolic OH excluding ortho intramolecular Hbond substituents is 1. The molecule has 7 heteroatoms. The number of hydrogen-bond acceptors (Lipinski definition) is 6. The smallest absolute Gasteiger partial charge is 0.228 e. The number of phenols is 1. The highest BCUT2D eigenvalue weighted by Gasteiger charge is 2.11. The third-order valence-corrected chi connectivity index (χ3v) is 2.62. The zero-order chi connectivity index (χ0) is 13.8. The third kappa shape index (κ3) is 3.23. The minimum atomic E-state index is 0.0384. The van der Waals surface area contributed by atoms with Gasteiger partial charge in [0.25, 0.3) is 0 Å². The molecule has 4 N–H and O–H groups in total. The first-order chi connectivity index (χ1) is 9.10. The first-order valence-electron chi connectivity index (χ1n) is 5.84. The van der Waals surface area contributed by atoms with Gasteiger partial charge in [-0.15, -0.1) is 0 Å². The molecule has 6 nitrogen and oxygen atoms in total. The lowest BCUT2D eigenvalue weighted by atomic mass is 10.2. The second kappa shape index (κ2) is 5.71. The summed E-state index contributed by atoms with van der Waals surface area (Å²) in [6.07, 6.45) is 0.934. The van der Waals surface area contributed by atoms with E-state index in [1.807, 2.05) is 6.92 Å². The van der Waals surface area contributed by atoms with E-state index in [-0.39, 0.29) is 17.5 Å². The number of halogens is 1. The molecule has 0 aliphatic heterocycles. The number of hydrogen-bond donors (Lipinski definition) is 3. The van der Waals surface area contributed by atoms with Gasteiger partial charge in [-0.25, -0.2) is 0 Å². The predicted octanol–water partition coefficient (Wildman–Crippen LogP) is 2.30. The Morgan fingerprint density at radius 1 is 1.32 bits per heavy atom. The Morgan fingerprint density at radius 2 is 2.11 bits per heavy atom. The van der Waals surface area contributed by atoms with E-state index in [0.29, 0.717) is 16.5 Å². The van der Waals surface area contributed by atoms with E-state index in [4.69, 9.17) is 17.3 Å². The third-order valence-electron chi connectivity index (χ3n) is 2.39. The van der Waals surface area contributed by atoms with Gasteiger partial charge in [0.05, 0.1) is 5.56 Å². The fourth-order valence-electron chi connectivity index (χ4n) is 1.52. The lowest BCUT2D eigenvalue weighted by Gasteiger charge is -2.07. The summed E-state index contributed by atoms with van der Waals surface area (Å²) in [4.78, 5) is 12.2. The molecule has 1 aromatic heterocycles. The van der Waals surface area contributed by atoms with Crippen molar-refractivity contribution < 1.29 is 5.11 Å². The quantitative estimate of drug-likeness (QED) is 0.794. The number of aromatic nitrogens is 3. The molecular weight excluding hydrogens is 266 g/mol. The highest BCUT2D eigenvalue weighted by Crippen LogP contribution is 2.29. The number of rotatable bonds is 4. The molecule has 0 radical (unpaired) electrons. The maximum absolute atomic E-state index is 9.83. The Labute approximate surface area is 115 Å². The summed E-state index contributed by atoms with van der Waals surface area (Å²) in [5.41, 5.74) is 6.06. The number of nitrogens with one attached hydrogen (secondary N) is 1. The van der Waals surface area contributed by atoms with Crippen LogP contribution in [0.3, 0.4) is 0 Å². The van der Waals surface area contributed by atoms with Crippen molar-refractivity contribution >= 4 is 23.5 Å². The largest absolute Gasteiger partial charge is 0.507 e. The molecule has 19 heavy (non-hydrogen) atoms. The molecule has 1 aromatic carbocycles. The van der Waals surface area contributed by atoms with Crippen molar-refractivity contribution in [2.24, 2.45) is 0 Å². The van der Waals surface area contributed by atoms with Crippen LogP contribution in [0.25, 0.3) is 11.4 Å². The van der Waals surface area contributed by atoms with Gasteiger partial charge in [0.1, 0.15) is 5.75 Å². The van der Waals surface area contributed by atoms with Crippen molar-refractivity contribution in [1.29, 1.82) is 0 Å². The van der Waals surface area contributed by atoms with E-state index >= 15 is 0 Å². The minimum Gasteiger partial charge on any atom is -0.507 e. The van der Waals surface area contributed by atoms with Gasteiger partial charge in [-0.1, -0.05) is 18.5 Å². The predicted molar refractivity (Wildman–Crippen MR) is 75.1 cm³/mol. The maximum atomic E-state index is 9.83. The van der Waals surface area contributed by atoms with Crippen molar-refractivity contribution in [2.45, 2.75) is 13.3 Å². The van der Waals surface area contributed by atoms with Gasteiger partial charge in [-0.05, 0) is 24.6 Å². The standard InChI is InChI=1S/C12H14ClN5O/c1-2-5-15-12-17-10(16-11(14)18-12)8-6-7(13)3-4-9(8)19/h3-4,6,19H,2,5H2,1H3,(H3,14,15,16,17,18). The topological polar surface area (TPSA) is 97.0 Å². The van der Waals surface area contributed by atoms with E-state index in [1.54, 1.807) is 12.1 Å². The number of aromatic hydroxyl groups is 1. The summed E-state index contributed by atoms with van der Waals surface area (Å²) in [6.45, 7) is 2.76. The van der Waals surface area contributed by atoms with Crippen molar-refractivity contribution in [2.75, 3.05) is 17.6 Å². The number of anilines is 2. The molecular formula is C12H14ClN5O. The highest BCUT2D eigenvalue weighted by atomic mass is 35.5. The van der Waals surface area contributed by atoms with E-state index in [1.165, 1.54) is 6.07 Å².